The fraction of sp³-hybridized carbons (Fsp3) is 0.714. The van der Waals surface area contributed by atoms with Gasteiger partial charge in [-0.1, -0.05) is 12.8 Å². The van der Waals surface area contributed by atoms with Gasteiger partial charge in [-0.05, 0) is 54.6 Å². The Morgan fingerprint density at radius 1 is 1.24 bits per heavy atom. The molecule has 1 saturated carbocycles. The molecule has 0 saturated heterocycles. The molecule has 1 aromatic rings. The highest BCUT2D eigenvalue weighted by Gasteiger charge is 2.28. The van der Waals surface area contributed by atoms with Crippen LogP contribution in [0.15, 0.2) is 16.8 Å². The van der Waals surface area contributed by atoms with Crippen molar-refractivity contribution in [3.63, 3.8) is 0 Å². The Morgan fingerprint density at radius 2 is 2.06 bits per heavy atom. The third-order valence-corrected chi connectivity index (χ3v) is 4.11. The van der Waals surface area contributed by atoms with Crippen LogP contribution in [0, 0.1) is 0 Å². The molecule has 0 aliphatic heterocycles. The molecule has 0 aromatic carbocycles. The van der Waals surface area contributed by atoms with Crippen molar-refractivity contribution in [3.8, 4) is 0 Å². The SMILES string of the molecule is OCCCCCCN(Cc1ccsc1)C1CC1. The molecule has 0 radical (unpaired) electrons. The fourth-order valence-electron chi connectivity index (χ4n) is 2.23. The second-order valence-corrected chi connectivity index (χ2v) is 5.75. The van der Waals surface area contributed by atoms with Crippen LogP contribution in [0.5, 0.6) is 0 Å². The number of aliphatic hydroxyl groups is 1. The zero-order valence-corrected chi connectivity index (χ0v) is 11.3. The van der Waals surface area contributed by atoms with Gasteiger partial charge in [0, 0.05) is 19.2 Å². The molecule has 1 aromatic heterocycles. The molecule has 0 spiro atoms. The third kappa shape index (κ3) is 4.78. The fourth-order valence-corrected chi connectivity index (χ4v) is 2.89. The summed E-state index contributed by atoms with van der Waals surface area (Å²) in [7, 11) is 0. The van der Waals surface area contributed by atoms with Crippen LogP contribution >= 0.6 is 11.3 Å². The minimum Gasteiger partial charge on any atom is -0.396 e. The van der Waals surface area contributed by atoms with E-state index in [1.54, 1.807) is 11.3 Å². The summed E-state index contributed by atoms with van der Waals surface area (Å²) in [6.07, 6.45) is 7.46. The number of unbranched alkanes of at least 4 members (excludes halogenated alkanes) is 3. The number of aliphatic hydroxyl groups excluding tert-OH is 1. The Balaban J connectivity index is 1.66. The van der Waals surface area contributed by atoms with Crippen LogP contribution in [-0.2, 0) is 6.54 Å². The maximum absolute atomic E-state index is 8.73. The number of nitrogens with zero attached hydrogens (tertiary/aromatic N) is 1. The standard InChI is InChI=1S/C14H23NOS/c16-9-4-2-1-3-8-15(14-5-6-14)11-13-7-10-17-12-13/h7,10,12,14,16H,1-6,8-9,11H2. The lowest BCUT2D eigenvalue weighted by molar-refractivity contribution is 0.244. The molecule has 2 nitrogen and oxygen atoms in total. The third-order valence-electron chi connectivity index (χ3n) is 3.38. The zero-order valence-electron chi connectivity index (χ0n) is 10.5. The van der Waals surface area contributed by atoms with E-state index in [9.17, 15) is 0 Å². The summed E-state index contributed by atoms with van der Waals surface area (Å²) < 4.78 is 0. The van der Waals surface area contributed by atoms with Crippen LogP contribution in [0.3, 0.4) is 0 Å². The van der Waals surface area contributed by atoms with E-state index < -0.39 is 0 Å². The highest BCUT2D eigenvalue weighted by molar-refractivity contribution is 7.07. The molecule has 0 unspecified atom stereocenters. The molecular formula is C14H23NOS. The van der Waals surface area contributed by atoms with Gasteiger partial charge in [-0.2, -0.15) is 11.3 Å². The lowest BCUT2D eigenvalue weighted by atomic mass is 10.2. The van der Waals surface area contributed by atoms with E-state index >= 15 is 0 Å². The molecule has 1 N–H and O–H groups in total. The van der Waals surface area contributed by atoms with Gasteiger partial charge in [-0.25, -0.2) is 0 Å². The maximum Gasteiger partial charge on any atom is 0.0431 e. The van der Waals surface area contributed by atoms with Gasteiger partial charge < -0.3 is 5.11 Å². The van der Waals surface area contributed by atoms with Crippen LogP contribution < -0.4 is 0 Å². The first kappa shape index (κ1) is 13.1. The quantitative estimate of drug-likeness (QED) is 0.683. The van der Waals surface area contributed by atoms with E-state index in [-0.39, 0.29) is 0 Å². The van der Waals surface area contributed by atoms with Crippen LogP contribution in [0.25, 0.3) is 0 Å². The van der Waals surface area contributed by atoms with Crippen LogP contribution in [-0.4, -0.2) is 29.2 Å². The van der Waals surface area contributed by atoms with Crippen LogP contribution in [0.1, 0.15) is 44.1 Å². The van der Waals surface area contributed by atoms with Crippen molar-refractivity contribution in [2.45, 2.75) is 51.1 Å². The Labute approximate surface area is 108 Å². The predicted octanol–water partition coefficient (Wildman–Crippen LogP) is 3.27. The molecule has 0 bridgehead atoms. The van der Waals surface area contributed by atoms with E-state index in [2.05, 4.69) is 21.7 Å². The summed E-state index contributed by atoms with van der Waals surface area (Å²) in [5.74, 6) is 0. The van der Waals surface area contributed by atoms with Gasteiger partial charge in [0.05, 0.1) is 0 Å². The molecular weight excluding hydrogens is 230 g/mol. The Kier molecular flexibility index (Phi) is 5.49. The first-order valence-electron chi connectivity index (χ1n) is 6.76. The normalized spacial score (nSPS) is 15.6. The summed E-state index contributed by atoms with van der Waals surface area (Å²) in [6.45, 7) is 2.71. The lowest BCUT2D eigenvalue weighted by Crippen LogP contribution is -2.26. The van der Waals surface area contributed by atoms with Crippen molar-refractivity contribution in [1.82, 2.24) is 4.90 Å². The molecule has 3 heteroatoms. The van der Waals surface area contributed by atoms with Gasteiger partial charge >= 0.3 is 0 Å². The molecule has 1 fully saturated rings. The van der Waals surface area contributed by atoms with E-state index in [4.69, 9.17) is 5.11 Å². The average molecular weight is 253 g/mol. The van der Waals surface area contributed by atoms with Crippen LogP contribution in [0.4, 0.5) is 0 Å². The van der Waals surface area contributed by atoms with E-state index in [0.717, 1.165) is 19.0 Å². The summed E-state index contributed by atoms with van der Waals surface area (Å²) in [6, 6.07) is 3.10. The molecule has 1 aliphatic carbocycles. The molecule has 0 atom stereocenters. The second-order valence-electron chi connectivity index (χ2n) is 4.97. The Morgan fingerprint density at radius 3 is 2.71 bits per heavy atom. The smallest absolute Gasteiger partial charge is 0.0431 e. The molecule has 1 aliphatic rings. The van der Waals surface area contributed by atoms with Crippen molar-refractivity contribution < 1.29 is 5.11 Å². The van der Waals surface area contributed by atoms with Gasteiger partial charge in [0.2, 0.25) is 0 Å². The average Bonchev–Trinajstić information content (AvgIpc) is 3.06. The van der Waals surface area contributed by atoms with Crippen molar-refractivity contribution in [2.24, 2.45) is 0 Å². The highest BCUT2D eigenvalue weighted by Crippen LogP contribution is 2.29. The maximum atomic E-state index is 8.73. The van der Waals surface area contributed by atoms with Gasteiger partial charge in [-0.15, -0.1) is 0 Å². The molecule has 17 heavy (non-hydrogen) atoms. The first-order chi connectivity index (χ1) is 8.40. The van der Waals surface area contributed by atoms with E-state index in [1.807, 2.05) is 0 Å². The van der Waals surface area contributed by atoms with Gasteiger partial charge in [-0.3, -0.25) is 4.90 Å². The number of rotatable bonds is 9. The summed E-state index contributed by atoms with van der Waals surface area (Å²) in [5, 5.41) is 13.2. The zero-order chi connectivity index (χ0) is 11.9. The molecule has 1 heterocycles. The summed E-state index contributed by atoms with van der Waals surface area (Å²) in [5.41, 5.74) is 1.47. The van der Waals surface area contributed by atoms with Crippen LogP contribution in [0.2, 0.25) is 0 Å². The minimum absolute atomic E-state index is 0.348. The number of hydrogen-bond donors (Lipinski definition) is 1. The summed E-state index contributed by atoms with van der Waals surface area (Å²) in [4.78, 5) is 2.64. The number of thiophene rings is 1. The van der Waals surface area contributed by atoms with Crippen molar-refractivity contribution >= 4 is 11.3 Å². The first-order valence-corrected chi connectivity index (χ1v) is 7.70. The topological polar surface area (TPSA) is 23.5 Å². The van der Waals surface area contributed by atoms with Crippen molar-refractivity contribution in [1.29, 1.82) is 0 Å². The highest BCUT2D eigenvalue weighted by atomic mass is 32.1. The molecule has 96 valence electrons. The minimum atomic E-state index is 0.348. The van der Waals surface area contributed by atoms with E-state index in [1.165, 1.54) is 44.2 Å². The number of hydrogen-bond acceptors (Lipinski definition) is 3. The van der Waals surface area contributed by atoms with Crippen molar-refractivity contribution in [2.75, 3.05) is 13.2 Å². The predicted molar refractivity (Wildman–Crippen MR) is 73.3 cm³/mol. The second kappa shape index (κ2) is 7.14. The van der Waals surface area contributed by atoms with Gasteiger partial charge in [0.15, 0.2) is 0 Å². The molecule has 0 amide bonds. The largest absolute Gasteiger partial charge is 0.396 e. The molecule has 2 rings (SSSR count). The van der Waals surface area contributed by atoms with Gasteiger partial charge in [0.1, 0.15) is 0 Å². The van der Waals surface area contributed by atoms with Gasteiger partial charge in [0.25, 0.3) is 0 Å². The van der Waals surface area contributed by atoms with Crippen molar-refractivity contribution in [3.05, 3.63) is 22.4 Å². The monoisotopic (exact) mass is 253 g/mol. The Bertz CT molecular complexity index is 295. The van der Waals surface area contributed by atoms with E-state index in [0.29, 0.717) is 6.61 Å². The summed E-state index contributed by atoms with van der Waals surface area (Å²) >= 11 is 1.79. The lowest BCUT2D eigenvalue weighted by Gasteiger charge is -2.21. The Hall–Kier alpha value is -0.380.